The topological polar surface area (TPSA) is 29.4 Å². The molecule has 0 aromatic rings. The van der Waals surface area contributed by atoms with Gasteiger partial charge in [0.1, 0.15) is 6.29 Å². The van der Waals surface area contributed by atoms with E-state index < -0.39 is 5.95 Å². The van der Waals surface area contributed by atoms with Crippen LogP contribution in [-0.2, 0) is 4.79 Å². The Labute approximate surface area is 65.1 Å². The molecule has 0 aliphatic rings. The monoisotopic (exact) mass is 155 g/mol. The average Bonchev–Trinajstić information content (AvgIpc) is 2.01. The summed E-state index contributed by atoms with van der Waals surface area (Å²) in [4.78, 5) is 13.0. The Kier molecular flexibility index (Phi) is 4.90. The number of rotatable bonds is 4. The first-order valence-electron chi connectivity index (χ1n) is 3.14. The molecule has 0 heterocycles. The number of aliphatic imine (C=N–C) groups is 1. The van der Waals surface area contributed by atoms with E-state index >= 15 is 0 Å². The molecule has 0 aromatic carbocycles. The molecule has 0 saturated heterocycles. The van der Waals surface area contributed by atoms with Gasteiger partial charge < -0.3 is 4.79 Å². The summed E-state index contributed by atoms with van der Waals surface area (Å²) in [6, 6.07) is 0. The predicted octanol–water partition coefficient (Wildman–Crippen LogP) is 2.03. The van der Waals surface area contributed by atoms with Crippen molar-refractivity contribution in [1.29, 1.82) is 0 Å². The molecule has 0 aliphatic carbocycles. The lowest BCUT2D eigenvalue weighted by atomic mass is 10.2. The molecule has 0 rings (SSSR count). The molecule has 0 bridgehead atoms. The Morgan fingerprint density at radius 1 is 1.64 bits per heavy atom. The van der Waals surface area contributed by atoms with Crippen LogP contribution in [0.1, 0.15) is 13.3 Å². The molecule has 3 heteroatoms. The smallest absolute Gasteiger partial charge is 0.212 e. The fourth-order valence-electron chi connectivity index (χ4n) is 0.463. The lowest BCUT2D eigenvalue weighted by Gasteiger charge is -1.88. The third kappa shape index (κ3) is 5.21. The SMILES string of the molecule is C=N/C(F)=C\C=C(\C)CC=O. The van der Waals surface area contributed by atoms with E-state index in [1.54, 1.807) is 6.92 Å². The van der Waals surface area contributed by atoms with Crippen molar-refractivity contribution in [2.24, 2.45) is 4.99 Å². The second kappa shape index (κ2) is 5.53. The summed E-state index contributed by atoms with van der Waals surface area (Å²) < 4.78 is 12.2. The fraction of sp³-hybridized carbons (Fsp3) is 0.250. The van der Waals surface area contributed by atoms with Crippen molar-refractivity contribution in [3.63, 3.8) is 0 Å². The summed E-state index contributed by atoms with van der Waals surface area (Å²) in [6.07, 6.45) is 3.75. The van der Waals surface area contributed by atoms with Crippen LogP contribution in [-0.4, -0.2) is 13.0 Å². The summed E-state index contributed by atoms with van der Waals surface area (Å²) >= 11 is 0. The molecule has 0 unspecified atom stereocenters. The van der Waals surface area contributed by atoms with E-state index in [0.717, 1.165) is 11.9 Å². The van der Waals surface area contributed by atoms with Crippen molar-refractivity contribution in [2.75, 3.05) is 0 Å². The molecule has 11 heavy (non-hydrogen) atoms. The van der Waals surface area contributed by atoms with Gasteiger partial charge in [-0.05, 0) is 19.7 Å². The van der Waals surface area contributed by atoms with Crippen molar-refractivity contribution in [1.82, 2.24) is 0 Å². The van der Waals surface area contributed by atoms with E-state index in [1.807, 2.05) is 0 Å². The van der Waals surface area contributed by atoms with Gasteiger partial charge >= 0.3 is 0 Å². The van der Waals surface area contributed by atoms with Gasteiger partial charge in [0, 0.05) is 6.42 Å². The number of nitrogens with zero attached hydrogens (tertiary/aromatic N) is 1. The summed E-state index contributed by atoms with van der Waals surface area (Å²) in [7, 11) is 0. The second-order valence-corrected chi connectivity index (χ2v) is 2.03. The van der Waals surface area contributed by atoms with Gasteiger partial charge in [0.2, 0.25) is 5.95 Å². The molecule has 0 aliphatic heterocycles. The molecular formula is C8H10FNO. The van der Waals surface area contributed by atoms with Crippen LogP contribution in [0.15, 0.2) is 28.7 Å². The van der Waals surface area contributed by atoms with Gasteiger partial charge in [-0.15, -0.1) is 0 Å². The number of aldehydes is 1. The first kappa shape index (κ1) is 9.75. The summed E-state index contributed by atoms with van der Waals surface area (Å²) in [6.45, 7) is 4.73. The number of carbonyl (C=O) groups is 1. The van der Waals surface area contributed by atoms with Gasteiger partial charge in [-0.1, -0.05) is 11.6 Å². The summed E-state index contributed by atoms with van der Waals surface area (Å²) in [5.74, 6) is -0.643. The lowest BCUT2D eigenvalue weighted by molar-refractivity contribution is -0.107. The fourth-order valence-corrected chi connectivity index (χ4v) is 0.463. The van der Waals surface area contributed by atoms with E-state index in [4.69, 9.17) is 0 Å². The maximum atomic E-state index is 12.2. The van der Waals surface area contributed by atoms with Crippen LogP contribution in [0.5, 0.6) is 0 Å². The number of hydrogen-bond acceptors (Lipinski definition) is 2. The zero-order valence-corrected chi connectivity index (χ0v) is 6.38. The summed E-state index contributed by atoms with van der Waals surface area (Å²) in [5.41, 5.74) is 0.791. The molecule has 2 nitrogen and oxygen atoms in total. The third-order valence-corrected chi connectivity index (χ3v) is 1.06. The number of hydrogen-bond donors (Lipinski definition) is 0. The van der Waals surface area contributed by atoms with Crippen LogP contribution in [0.25, 0.3) is 0 Å². The van der Waals surface area contributed by atoms with E-state index in [0.29, 0.717) is 6.42 Å². The van der Waals surface area contributed by atoms with Crippen LogP contribution < -0.4 is 0 Å². The highest BCUT2D eigenvalue weighted by molar-refractivity contribution is 5.54. The number of halogens is 1. The van der Waals surface area contributed by atoms with Crippen molar-refractivity contribution >= 4 is 13.0 Å². The minimum absolute atomic E-state index is 0.320. The minimum Gasteiger partial charge on any atom is -0.303 e. The quantitative estimate of drug-likeness (QED) is 0.264. The maximum Gasteiger partial charge on any atom is 0.212 e. The summed E-state index contributed by atoms with van der Waals surface area (Å²) in [5, 5.41) is 0. The molecular weight excluding hydrogens is 145 g/mol. The predicted molar refractivity (Wildman–Crippen MR) is 43.2 cm³/mol. The molecule has 0 fully saturated rings. The Morgan fingerprint density at radius 2 is 2.27 bits per heavy atom. The number of carbonyl (C=O) groups excluding carboxylic acids is 1. The molecule has 60 valence electrons. The first-order chi connectivity index (χ1) is 5.20. The normalized spacial score (nSPS) is 12.9. The van der Waals surface area contributed by atoms with Crippen LogP contribution in [0, 0.1) is 0 Å². The van der Waals surface area contributed by atoms with Crippen molar-refractivity contribution < 1.29 is 9.18 Å². The first-order valence-corrected chi connectivity index (χ1v) is 3.14. The zero-order valence-electron chi connectivity index (χ0n) is 6.38. The molecule has 0 saturated carbocycles. The van der Waals surface area contributed by atoms with Crippen LogP contribution in [0.2, 0.25) is 0 Å². The molecule has 0 spiro atoms. The Bertz CT molecular complexity index is 206. The Balaban J connectivity index is 4.09. The highest BCUT2D eigenvalue weighted by atomic mass is 19.1. The second-order valence-electron chi connectivity index (χ2n) is 2.03. The Morgan fingerprint density at radius 3 is 2.73 bits per heavy atom. The van der Waals surface area contributed by atoms with E-state index in [2.05, 4.69) is 11.7 Å². The van der Waals surface area contributed by atoms with E-state index in [-0.39, 0.29) is 0 Å². The van der Waals surface area contributed by atoms with Crippen LogP contribution in [0.4, 0.5) is 4.39 Å². The van der Waals surface area contributed by atoms with Crippen molar-refractivity contribution in [2.45, 2.75) is 13.3 Å². The van der Waals surface area contributed by atoms with Gasteiger partial charge in [0.25, 0.3) is 0 Å². The zero-order chi connectivity index (χ0) is 8.69. The van der Waals surface area contributed by atoms with Crippen LogP contribution >= 0.6 is 0 Å². The highest BCUT2D eigenvalue weighted by Gasteiger charge is 1.86. The highest BCUT2D eigenvalue weighted by Crippen LogP contribution is 2.01. The van der Waals surface area contributed by atoms with Gasteiger partial charge in [0.05, 0.1) is 0 Å². The van der Waals surface area contributed by atoms with Gasteiger partial charge in [0.15, 0.2) is 0 Å². The standard InChI is InChI=1S/C8H10FNO/c1-7(5-6-11)3-4-8(9)10-2/h3-4,6H,2,5H2,1H3/b7-3-,8-4-. The Hall–Kier alpha value is -1.25. The molecule has 0 radical (unpaired) electrons. The van der Waals surface area contributed by atoms with Crippen molar-refractivity contribution in [3.05, 3.63) is 23.7 Å². The van der Waals surface area contributed by atoms with Gasteiger partial charge in [-0.3, -0.25) is 0 Å². The lowest BCUT2D eigenvalue weighted by Crippen LogP contribution is -1.76. The average molecular weight is 155 g/mol. The molecule has 0 aromatic heterocycles. The third-order valence-electron chi connectivity index (χ3n) is 1.06. The van der Waals surface area contributed by atoms with Gasteiger partial charge in [-0.25, -0.2) is 4.99 Å². The molecule has 0 N–H and O–H groups in total. The van der Waals surface area contributed by atoms with E-state index in [9.17, 15) is 9.18 Å². The van der Waals surface area contributed by atoms with Crippen LogP contribution in [0.3, 0.4) is 0 Å². The van der Waals surface area contributed by atoms with E-state index in [1.165, 1.54) is 12.2 Å². The maximum absolute atomic E-state index is 12.2. The minimum atomic E-state index is -0.643. The largest absolute Gasteiger partial charge is 0.303 e. The number of allylic oxidation sites excluding steroid dienone is 3. The molecule has 0 atom stereocenters. The van der Waals surface area contributed by atoms with Gasteiger partial charge in [-0.2, -0.15) is 4.39 Å². The van der Waals surface area contributed by atoms with Crippen molar-refractivity contribution in [3.8, 4) is 0 Å². The molecule has 0 amide bonds.